The van der Waals surface area contributed by atoms with Gasteiger partial charge < -0.3 is 9.13 Å². The van der Waals surface area contributed by atoms with E-state index in [4.69, 9.17) is 4.98 Å². The standard InChI is InChI=1S/C47H30N4/c1-2-15-33(16-3-1)50-44-25-9-6-21-38(44)39-26-27-40-41-22-12-28-48-47(41)51(46(40)45(39)50)35-18-11-14-32(30-35)31-13-10-17-34(29-31)49-42-23-7-4-19-36(42)37-20-5-8-24-43(37)49/h1-30H. The van der Waals surface area contributed by atoms with Crippen LogP contribution in [0.25, 0.3) is 93.7 Å². The van der Waals surface area contributed by atoms with E-state index < -0.39 is 0 Å². The molecule has 0 aliphatic heterocycles. The Morgan fingerprint density at radius 1 is 0.314 bits per heavy atom. The number of pyridine rings is 1. The predicted octanol–water partition coefficient (Wildman–Crippen LogP) is 12.0. The van der Waals surface area contributed by atoms with Crippen LogP contribution in [0.1, 0.15) is 0 Å². The van der Waals surface area contributed by atoms with Gasteiger partial charge in [-0.05, 0) is 77.9 Å². The maximum Gasteiger partial charge on any atom is 0.145 e. The van der Waals surface area contributed by atoms with Crippen LogP contribution in [0, 0.1) is 0 Å². The van der Waals surface area contributed by atoms with Crippen molar-refractivity contribution in [1.29, 1.82) is 0 Å². The molecule has 0 spiro atoms. The van der Waals surface area contributed by atoms with Gasteiger partial charge in [0, 0.05) is 55.6 Å². The quantitative estimate of drug-likeness (QED) is 0.186. The Labute approximate surface area is 293 Å². The van der Waals surface area contributed by atoms with Crippen LogP contribution < -0.4 is 0 Å². The van der Waals surface area contributed by atoms with Crippen LogP contribution in [0.2, 0.25) is 0 Å². The molecule has 4 heteroatoms. The van der Waals surface area contributed by atoms with E-state index >= 15 is 0 Å². The molecular weight excluding hydrogens is 621 g/mol. The number of para-hydroxylation sites is 4. The smallest absolute Gasteiger partial charge is 0.145 e. The molecule has 0 amide bonds. The van der Waals surface area contributed by atoms with Crippen molar-refractivity contribution in [3.63, 3.8) is 0 Å². The van der Waals surface area contributed by atoms with Gasteiger partial charge in [0.15, 0.2) is 0 Å². The lowest BCUT2D eigenvalue weighted by molar-refractivity contribution is 1.12. The first-order valence-corrected chi connectivity index (χ1v) is 17.4. The van der Waals surface area contributed by atoms with E-state index in [1.165, 1.54) is 49.0 Å². The highest BCUT2D eigenvalue weighted by molar-refractivity contribution is 6.23. The molecule has 0 radical (unpaired) electrons. The summed E-state index contributed by atoms with van der Waals surface area (Å²) in [6.45, 7) is 0. The minimum absolute atomic E-state index is 0.945. The van der Waals surface area contributed by atoms with E-state index in [1.807, 2.05) is 12.3 Å². The Morgan fingerprint density at radius 2 is 0.784 bits per heavy atom. The molecule has 4 heterocycles. The van der Waals surface area contributed by atoms with Crippen molar-refractivity contribution in [2.24, 2.45) is 0 Å². The van der Waals surface area contributed by atoms with Crippen molar-refractivity contribution >= 4 is 65.5 Å². The molecule has 4 nitrogen and oxygen atoms in total. The molecule has 11 rings (SSSR count). The summed E-state index contributed by atoms with van der Waals surface area (Å²) in [5.41, 5.74) is 12.5. The predicted molar refractivity (Wildman–Crippen MR) is 213 cm³/mol. The average molecular weight is 651 g/mol. The van der Waals surface area contributed by atoms with Crippen molar-refractivity contribution in [1.82, 2.24) is 18.7 Å². The van der Waals surface area contributed by atoms with Crippen LogP contribution in [-0.2, 0) is 0 Å². The number of hydrogen-bond acceptors (Lipinski definition) is 1. The van der Waals surface area contributed by atoms with Gasteiger partial charge in [-0.2, -0.15) is 0 Å². The topological polar surface area (TPSA) is 27.7 Å². The van der Waals surface area contributed by atoms with Gasteiger partial charge in [-0.1, -0.05) is 109 Å². The van der Waals surface area contributed by atoms with Crippen molar-refractivity contribution in [2.45, 2.75) is 0 Å². The fourth-order valence-electron chi connectivity index (χ4n) is 8.32. The Bertz CT molecular complexity index is 3090. The fourth-order valence-corrected chi connectivity index (χ4v) is 8.32. The zero-order chi connectivity index (χ0) is 33.5. The van der Waals surface area contributed by atoms with Crippen LogP contribution in [0.3, 0.4) is 0 Å². The summed E-state index contributed by atoms with van der Waals surface area (Å²) in [6.07, 6.45) is 1.90. The number of nitrogens with zero attached hydrogens (tertiary/aromatic N) is 4. The third-order valence-electron chi connectivity index (χ3n) is 10.5. The van der Waals surface area contributed by atoms with E-state index in [2.05, 4.69) is 184 Å². The van der Waals surface area contributed by atoms with Crippen molar-refractivity contribution in [2.75, 3.05) is 0 Å². The number of hydrogen-bond donors (Lipinski definition) is 0. The zero-order valence-corrected chi connectivity index (χ0v) is 27.6. The Balaban J connectivity index is 1.17. The molecule has 238 valence electrons. The summed E-state index contributed by atoms with van der Waals surface area (Å²) in [5.74, 6) is 0. The summed E-state index contributed by atoms with van der Waals surface area (Å²) >= 11 is 0. The van der Waals surface area contributed by atoms with Crippen LogP contribution in [0.15, 0.2) is 182 Å². The lowest BCUT2D eigenvalue weighted by Gasteiger charge is -2.14. The maximum absolute atomic E-state index is 5.02. The Morgan fingerprint density at radius 3 is 1.43 bits per heavy atom. The second-order valence-electron chi connectivity index (χ2n) is 13.2. The van der Waals surface area contributed by atoms with Gasteiger partial charge in [0.1, 0.15) is 5.65 Å². The van der Waals surface area contributed by atoms with Crippen molar-refractivity contribution in [3.05, 3.63) is 182 Å². The molecule has 4 aromatic heterocycles. The number of aromatic nitrogens is 4. The second kappa shape index (κ2) is 10.8. The molecule has 0 N–H and O–H groups in total. The summed E-state index contributed by atoms with van der Waals surface area (Å²) in [5, 5.41) is 7.30. The molecule has 11 aromatic rings. The molecule has 0 atom stereocenters. The number of rotatable bonds is 4. The van der Waals surface area contributed by atoms with E-state index in [0.29, 0.717) is 0 Å². The lowest BCUT2D eigenvalue weighted by atomic mass is 10.0. The monoisotopic (exact) mass is 650 g/mol. The molecule has 0 saturated heterocycles. The van der Waals surface area contributed by atoms with Crippen LogP contribution in [0.4, 0.5) is 0 Å². The largest absolute Gasteiger partial charge is 0.309 e. The first-order valence-electron chi connectivity index (χ1n) is 17.4. The van der Waals surface area contributed by atoms with E-state index in [1.54, 1.807) is 0 Å². The van der Waals surface area contributed by atoms with E-state index in [-0.39, 0.29) is 0 Å². The molecule has 0 unspecified atom stereocenters. The minimum Gasteiger partial charge on any atom is -0.309 e. The van der Waals surface area contributed by atoms with E-state index in [9.17, 15) is 0 Å². The highest BCUT2D eigenvalue weighted by Crippen LogP contribution is 2.42. The SMILES string of the molecule is c1ccc(-n2c3ccccc3c3ccc4c5cccnc5n(-c5cccc(-c6cccc(-n7c8ccccc8c8ccccc87)c6)c5)c4c32)cc1. The highest BCUT2D eigenvalue weighted by Gasteiger charge is 2.22. The minimum atomic E-state index is 0.945. The van der Waals surface area contributed by atoms with E-state index in [0.717, 1.165) is 44.7 Å². The summed E-state index contributed by atoms with van der Waals surface area (Å²) in [4.78, 5) is 5.02. The lowest BCUT2D eigenvalue weighted by Crippen LogP contribution is -1.99. The molecule has 0 bridgehead atoms. The van der Waals surface area contributed by atoms with Crippen LogP contribution >= 0.6 is 0 Å². The van der Waals surface area contributed by atoms with Gasteiger partial charge in [-0.15, -0.1) is 0 Å². The summed E-state index contributed by atoms with van der Waals surface area (Å²) in [6, 6.07) is 63.4. The van der Waals surface area contributed by atoms with Gasteiger partial charge in [0.05, 0.1) is 27.6 Å². The van der Waals surface area contributed by atoms with Gasteiger partial charge in [-0.3, -0.25) is 4.57 Å². The number of benzene rings is 7. The molecule has 51 heavy (non-hydrogen) atoms. The van der Waals surface area contributed by atoms with Gasteiger partial charge in [-0.25, -0.2) is 4.98 Å². The molecule has 0 aliphatic carbocycles. The third-order valence-corrected chi connectivity index (χ3v) is 10.5. The third kappa shape index (κ3) is 4.05. The van der Waals surface area contributed by atoms with Crippen molar-refractivity contribution < 1.29 is 0 Å². The van der Waals surface area contributed by atoms with Crippen LogP contribution in [-0.4, -0.2) is 18.7 Å². The van der Waals surface area contributed by atoms with Gasteiger partial charge >= 0.3 is 0 Å². The fraction of sp³-hybridized carbons (Fsp3) is 0. The second-order valence-corrected chi connectivity index (χ2v) is 13.2. The molecule has 0 saturated carbocycles. The summed E-state index contributed by atoms with van der Waals surface area (Å²) in [7, 11) is 0. The average Bonchev–Trinajstić information content (AvgIpc) is 3.84. The number of fused-ring (bicyclic) bond motifs is 10. The molecular formula is C47H30N4. The first-order chi connectivity index (χ1) is 25.3. The van der Waals surface area contributed by atoms with Crippen molar-refractivity contribution in [3.8, 4) is 28.2 Å². The maximum atomic E-state index is 5.02. The van der Waals surface area contributed by atoms with Gasteiger partial charge in [0.2, 0.25) is 0 Å². The summed E-state index contributed by atoms with van der Waals surface area (Å²) < 4.78 is 7.17. The zero-order valence-electron chi connectivity index (χ0n) is 27.6. The Hall–Kier alpha value is -6.91. The molecule has 0 aliphatic rings. The Kier molecular flexibility index (Phi) is 5.92. The molecule has 0 fully saturated rings. The normalized spacial score (nSPS) is 11.9. The molecule has 7 aromatic carbocycles. The highest BCUT2D eigenvalue weighted by atomic mass is 15.1. The van der Waals surface area contributed by atoms with Gasteiger partial charge in [0.25, 0.3) is 0 Å². The van der Waals surface area contributed by atoms with Crippen LogP contribution in [0.5, 0.6) is 0 Å². The first kappa shape index (κ1) is 28.0.